The maximum Gasteiger partial charge on any atom is 0.0233 e. The van der Waals surface area contributed by atoms with Crippen LogP contribution in [0.3, 0.4) is 0 Å². The topological polar surface area (TPSA) is 0 Å². The molecule has 0 aliphatic carbocycles. The Morgan fingerprint density at radius 1 is 1.83 bits per heavy atom. The van der Waals surface area contributed by atoms with Gasteiger partial charge in [0, 0.05) is 5.88 Å². The molecule has 38 valence electrons. The fourth-order valence-electron chi connectivity index (χ4n) is 0.158. The zero-order valence-corrected chi connectivity index (χ0v) is 5.47. The Morgan fingerprint density at radius 3 is 2.33 bits per heavy atom. The molecule has 0 radical (unpaired) electrons. The van der Waals surface area contributed by atoms with Gasteiger partial charge in [-0.25, -0.2) is 0 Å². The number of thiol groups is 1. The second-order valence-corrected chi connectivity index (χ2v) is 2.59. The van der Waals surface area contributed by atoms with Gasteiger partial charge in [0.2, 0.25) is 0 Å². The summed E-state index contributed by atoms with van der Waals surface area (Å²) >= 11 is 9.44. The summed E-state index contributed by atoms with van der Waals surface area (Å²) in [7, 11) is 0. The highest BCUT2D eigenvalue weighted by atomic mass is 35.5. The van der Waals surface area contributed by atoms with Crippen molar-refractivity contribution in [3.63, 3.8) is 0 Å². The molecule has 0 rings (SSSR count). The van der Waals surface area contributed by atoms with Crippen LogP contribution >= 0.6 is 24.2 Å². The molecule has 0 aliphatic heterocycles. The Hall–Kier alpha value is 0.640. The number of hydrogen-bond donors (Lipinski definition) is 1. The highest BCUT2D eigenvalue weighted by Gasteiger charge is 1.87. The van der Waals surface area contributed by atoms with Gasteiger partial charge >= 0.3 is 0 Å². The molecule has 1 unspecified atom stereocenters. The van der Waals surface area contributed by atoms with Gasteiger partial charge in [-0.3, -0.25) is 0 Å². The van der Waals surface area contributed by atoms with E-state index in [1.165, 1.54) is 0 Å². The van der Waals surface area contributed by atoms with Gasteiger partial charge in [-0.1, -0.05) is 6.92 Å². The molecule has 0 spiro atoms. The van der Waals surface area contributed by atoms with Crippen molar-refractivity contribution in [3.8, 4) is 0 Å². The third-order valence-electron chi connectivity index (χ3n) is 0.527. The predicted molar refractivity (Wildman–Crippen MR) is 33.8 cm³/mol. The van der Waals surface area contributed by atoms with Crippen LogP contribution in [-0.2, 0) is 0 Å². The molecule has 6 heavy (non-hydrogen) atoms. The average molecular weight is 125 g/mol. The van der Waals surface area contributed by atoms with Crippen molar-refractivity contribution >= 4 is 24.2 Å². The summed E-state index contributed by atoms with van der Waals surface area (Å²) in [5, 5.41) is 0.461. The largest absolute Gasteiger partial charge is 0.176 e. The van der Waals surface area contributed by atoms with E-state index in [9.17, 15) is 0 Å². The standard InChI is InChI=1S/C4H9ClS/c1-4(6)2-3-5/h4,6H,2-3H2,1H3. The smallest absolute Gasteiger partial charge is 0.0233 e. The van der Waals surface area contributed by atoms with E-state index in [2.05, 4.69) is 12.6 Å². The second kappa shape index (κ2) is 3.82. The summed E-state index contributed by atoms with van der Waals surface area (Å²) in [6, 6.07) is 0. The molecule has 0 heterocycles. The van der Waals surface area contributed by atoms with Crippen LogP contribution < -0.4 is 0 Å². The van der Waals surface area contributed by atoms with Crippen LogP contribution in [0.1, 0.15) is 13.3 Å². The molecule has 0 aromatic heterocycles. The number of hydrogen-bond acceptors (Lipinski definition) is 1. The molecule has 0 fully saturated rings. The summed E-state index contributed by atoms with van der Waals surface area (Å²) in [6.45, 7) is 2.03. The first-order valence-corrected chi connectivity index (χ1v) is 3.06. The molecule has 0 aromatic carbocycles. The minimum atomic E-state index is 0.461. The molecular formula is C4H9ClS. The SMILES string of the molecule is CC(S)CCCl. The van der Waals surface area contributed by atoms with E-state index in [1.807, 2.05) is 6.92 Å². The van der Waals surface area contributed by atoms with Crippen molar-refractivity contribution in [2.75, 3.05) is 5.88 Å². The zero-order chi connectivity index (χ0) is 4.99. The minimum Gasteiger partial charge on any atom is -0.176 e. The lowest BCUT2D eigenvalue weighted by Crippen LogP contribution is -1.89. The first-order chi connectivity index (χ1) is 2.77. The second-order valence-electron chi connectivity index (χ2n) is 1.33. The Labute approximate surface area is 49.3 Å². The van der Waals surface area contributed by atoms with Gasteiger partial charge < -0.3 is 0 Å². The summed E-state index contributed by atoms with van der Waals surface area (Å²) in [5.41, 5.74) is 0. The van der Waals surface area contributed by atoms with Crippen molar-refractivity contribution < 1.29 is 0 Å². The Morgan fingerprint density at radius 2 is 2.33 bits per heavy atom. The molecule has 0 saturated heterocycles. The number of halogens is 1. The minimum absolute atomic E-state index is 0.461. The molecule has 0 bridgehead atoms. The van der Waals surface area contributed by atoms with Crippen LogP contribution in [0.4, 0.5) is 0 Å². The normalized spacial score (nSPS) is 14.5. The highest BCUT2D eigenvalue weighted by Crippen LogP contribution is 1.98. The molecular weight excluding hydrogens is 116 g/mol. The van der Waals surface area contributed by atoms with Crippen LogP contribution in [0, 0.1) is 0 Å². The van der Waals surface area contributed by atoms with Gasteiger partial charge in [-0.15, -0.1) is 11.6 Å². The summed E-state index contributed by atoms with van der Waals surface area (Å²) in [5.74, 6) is 0.727. The van der Waals surface area contributed by atoms with Crippen LogP contribution in [0.25, 0.3) is 0 Å². The molecule has 0 aromatic rings. The van der Waals surface area contributed by atoms with Crippen LogP contribution in [0.15, 0.2) is 0 Å². The fraction of sp³-hybridized carbons (Fsp3) is 1.00. The van der Waals surface area contributed by atoms with E-state index in [0.29, 0.717) is 5.25 Å². The molecule has 2 heteroatoms. The van der Waals surface area contributed by atoms with Gasteiger partial charge in [-0.2, -0.15) is 12.6 Å². The van der Waals surface area contributed by atoms with Crippen LogP contribution in [0.5, 0.6) is 0 Å². The Balaban J connectivity index is 2.63. The third kappa shape index (κ3) is 4.64. The fourth-order valence-corrected chi connectivity index (χ4v) is 0.766. The van der Waals surface area contributed by atoms with Gasteiger partial charge in [0.1, 0.15) is 0 Å². The third-order valence-corrected chi connectivity index (χ3v) is 1.00. The van der Waals surface area contributed by atoms with Gasteiger partial charge in [0.25, 0.3) is 0 Å². The van der Waals surface area contributed by atoms with E-state index in [0.717, 1.165) is 12.3 Å². The predicted octanol–water partition coefficient (Wildman–Crippen LogP) is 1.93. The molecule has 1 atom stereocenters. The van der Waals surface area contributed by atoms with Crippen molar-refractivity contribution in [2.45, 2.75) is 18.6 Å². The first kappa shape index (κ1) is 6.64. The average Bonchev–Trinajstić information content (AvgIpc) is 1.35. The lowest BCUT2D eigenvalue weighted by atomic mass is 10.4. The Bertz CT molecular complexity index is 28.7. The van der Waals surface area contributed by atoms with Crippen molar-refractivity contribution in [2.24, 2.45) is 0 Å². The highest BCUT2D eigenvalue weighted by molar-refractivity contribution is 7.80. The molecule has 0 aliphatic rings. The maximum absolute atomic E-state index is 5.35. The maximum atomic E-state index is 5.35. The monoisotopic (exact) mass is 124 g/mol. The molecule has 0 saturated carbocycles. The number of alkyl halides is 1. The molecule has 0 nitrogen and oxygen atoms in total. The lowest BCUT2D eigenvalue weighted by Gasteiger charge is -1.93. The van der Waals surface area contributed by atoms with Crippen LogP contribution in [-0.4, -0.2) is 11.1 Å². The quantitative estimate of drug-likeness (QED) is 0.422. The van der Waals surface area contributed by atoms with Crippen molar-refractivity contribution in [1.29, 1.82) is 0 Å². The van der Waals surface area contributed by atoms with Crippen molar-refractivity contribution in [3.05, 3.63) is 0 Å². The van der Waals surface area contributed by atoms with E-state index in [1.54, 1.807) is 0 Å². The van der Waals surface area contributed by atoms with Crippen LogP contribution in [0.2, 0.25) is 0 Å². The van der Waals surface area contributed by atoms with E-state index in [-0.39, 0.29) is 0 Å². The van der Waals surface area contributed by atoms with E-state index >= 15 is 0 Å². The zero-order valence-electron chi connectivity index (χ0n) is 3.82. The number of rotatable bonds is 2. The van der Waals surface area contributed by atoms with Gasteiger partial charge in [0.05, 0.1) is 0 Å². The van der Waals surface area contributed by atoms with E-state index < -0.39 is 0 Å². The summed E-state index contributed by atoms with van der Waals surface area (Å²) < 4.78 is 0. The van der Waals surface area contributed by atoms with Gasteiger partial charge in [-0.05, 0) is 11.7 Å². The summed E-state index contributed by atoms with van der Waals surface area (Å²) in [6.07, 6.45) is 1.00. The summed E-state index contributed by atoms with van der Waals surface area (Å²) in [4.78, 5) is 0. The molecule has 0 amide bonds. The first-order valence-electron chi connectivity index (χ1n) is 2.01. The Kier molecular flexibility index (Phi) is 4.22. The van der Waals surface area contributed by atoms with Gasteiger partial charge in [0.15, 0.2) is 0 Å². The molecule has 0 N–H and O–H groups in total. The lowest BCUT2D eigenvalue weighted by molar-refractivity contribution is 0.920. The van der Waals surface area contributed by atoms with Crippen molar-refractivity contribution in [1.82, 2.24) is 0 Å². The van der Waals surface area contributed by atoms with E-state index in [4.69, 9.17) is 11.6 Å².